The Bertz CT molecular complexity index is 754. The average Bonchev–Trinajstić information content (AvgIpc) is 2.58. The molecule has 27 heavy (non-hydrogen) atoms. The second-order valence-corrected chi connectivity index (χ2v) is 9.36. The van der Waals surface area contributed by atoms with Crippen LogP contribution in [0.25, 0.3) is 0 Å². The summed E-state index contributed by atoms with van der Waals surface area (Å²) in [5, 5.41) is 0. The first kappa shape index (κ1) is 23.7. The van der Waals surface area contributed by atoms with Crippen LogP contribution in [0.1, 0.15) is 20.8 Å². The number of rotatable bonds is 10. The summed E-state index contributed by atoms with van der Waals surface area (Å²) in [6, 6.07) is 0. The van der Waals surface area contributed by atoms with Gasteiger partial charge in [-0.15, -0.1) is 0 Å². The van der Waals surface area contributed by atoms with Crippen molar-refractivity contribution in [3.05, 3.63) is 40.9 Å². The molecule has 0 saturated heterocycles. The minimum absolute atomic E-state index is 0.182. The molecule has 0 saturated carbocycles. The molecule has 0 spiro atoms. The van der Waals surface area contributed by atoms with E-state index in [-0.39, 0.29) is 19.8 Å². The van der Waals surface area contributed by atoms with Crippen molar-refractivity contribution < 1.29 is 43.6 Å². The zero-order valence-corrected chi connectivity index (χ0v) is 16.6. The lowest BCUT2D eigenvalue weighted by molar-refractivity contribution is 0.0842. The summed E-state index contributed by atoms with van der Waals surface area (Å²) in [5.41, 5.74) is 1.19. The highest BCUT2D eigenvalue weighted by Crippen LogP contribution is 2.27. The van der Waals surface area contributed by atoms with Crippen LogP contribution in [0, 0.1) is 29.1 Å². The second-order valence-electron chi connectivity index (χ2n) is 4.99. The SMILES string of the molecule is CCO[Si](/C=C/CS(=O)(=O)c1c(F)c(F)c(F)c(F)c1F)(OCC)OCC. The van der Waals surface area contributed by atoms with E-state index in [1.165, 1.54) is 5.70 Å². The van der Waals surface area contributed by atoms with Crippen LogP contribution in [0.4, 0.5) is 22.0 Å². The van der Waals surface area contributed by atoms with Gasteiger partial charge in [0.05, 0.1) is 5.75 Å². The Labute approximate surface area is 155 Å². The molecule has 1 aromatic carbocycles. The molecule has 154 valence electrons. The molecule has 5 nitrogen and oxygen atoms in total. The lowest BCUT2D eigenvalue weighted by Gasteiger charge is -2.25. The molecule has 0 atom stereocenters. The van der Waals surface area contributed by atoms with Gasteiger partial charge in [0.2, 0.25) is 5.82 Å². The molecule has 0 aliphatic carbocycles. The van der Waals surface area contributed by atoms with Crippen LogP contribution in [-0.2, 0) is 23.1 Å². The van der Waals surface area contributed by atoms with E-state index in [9.17, 15) is 30.4 Å². The number of benzene rings is 1. The molecule has 0 aliphatic heterocycles. The van der Waals surface area contributed by atoms with Crippen molar-refractivity contribution in [2.75, 3.05) is 25.6 Å². The first-order valence-electron chi connectivity index (χ1n) is 7.90. The van der Waals surface area contributed by atoms with Crippen LogP contribution < -0.4 is 0 Å². The summed E-state index contributed by atoms with van der Waals surface area (Å²) in [6.07, 6.45) is 0.945. The molecule has 0 aromatic heterocycles. The summed E-state index contributed by atoms with van der Waals surface area (Å²) < 4.78 is 108. The van der Waals surface area contributed by atoms with E-state index in [0.717, 1.165) is 6.08 Å². The van der Waals surface area contributed by atoms with Crippen molar-refractivity contribution in [2.24, 2.45) is 0 Å². The maximum absolute atomic E-state index is 13.7. The van der Waals surface area contributed by atoms with Crippen LogP contribution >= 0.6 is 0 Å². The summed E-state index contributed by atoms with van der Waals surface area (Å²) >= 11 is 0. The summed E-state index contributed by atoms with van der Waals surface area (Å²) in [7, 11) is -8.27. The average molecular weight is 434 g/mol. The Balaban J connectivity index is 3.27. The van der Waals surface area contributed by atoms with Crippen molar-refractivity contribution in [3.63, 3.8) is 0 Å². The molecule has 0 heterocycles. The Kier molecular flexibility index (Phi) is 8.54. The minimum Gasteiger partial charge on any atom is -0.371 e. The van der Waals surface area contributed by atoms with Gasteiger partial charge in [-0.25, -0.2) is 30.4 Å². The third kappa shape index (κ3) is 5.35. The van der Waals surface area contributed by atoms with Crippen LogP contribution in [-0.4, -0.2) is 42.8 Å². The van der Waals surface area contributed by atoms with Gasteiger partial charge < -0.3 is 13.3 Å². The van der Waals surface area contributed by atoms with Gasteiger partial charge in [0.1, 0.15) is 4.90 Å². The van der Waals surface area contributed by atoms with Gasteiger partial charge in [-0.3, -0.25) is 0 Å². The van der Waals surface area contributed by atoms with Gasteiger partial charge >= 0.3 is 8.80 Å². The number of hydrogen-bond donors (Lipinski definition) is 0. The quantitative estimate of drug-likeness (QED) is 0.186. The predicted octanol–water partition coefficient (Wildman–Crippen LogP) is 3.30. The number of hydrogen-bond acceptors (Lipinski definition) is 5. The monoisotopic (exact) mass is 434 g/mol. The Morgan fingerprint density at radius 2 is 1.15 bits per heavy atom. The van der Waals surface area contributed by atoms with Gasteiger partial charge in [0.15, 0.2) is 33.1 Å². The van der Waals surface area contributed by atoms with Gasteiger partial charge in [-0.2, -0.15) is 0 Å². The zero-order chi connectivity index (χ0) is 20.8. The molecule has 0 bridgehead atoms. The molecule has 0 N–H and O–H groups in total. The largest absolute Gasteiger partial charge is 0.529 e. The Hall–Kier alpha value is -1.34. The molecule has 12 heteroatoms. The van der Waals surface area contributed by atoms with Crippen molar-refractivity contribution >= 4 is 18.6 Å². The molecule has 0 aliphatic rings. The van der Waals surface area contributed by atoms with Crippen LogP contribution in [0.5, 0.6) is 0 Å². The third-order valence-electron chi connectivity index (χ3n) is 3.15. The molecule has 0 amide bonds. The number of halogens is 5. The fourth-order valence-electron chi connectivity index (χ4n) is 2.13. The van der Waals surface area contributed by atoms with Crippen molar-refractivity contribution in [1.82, 2.24) is 0 Å². The van der Waals surface area contributed by atoms with E-state index >= 15 is 0 Å². The topological polar surface area (TPSA) is 61.8 Å². The van der Waals surface area contributed by atoms with Gasteiger partial charge in [0.25, 0.3) is 0 Å². The fraction of sp³-hybridized carbons (Fsp3) is 0.467. The highest BCUT2D eigenvalue weighted by atomic mass is 32.2. The van der Waals surface area contributed by atoms with E-state index in [0.29, 0.717) is 0 Å². The molecular weight excluding hydrogens is 415 g/mol. The van der Waals surface area contributed by atoms with Gasteiger partial charge in [-0.05, 0) is 26.5 Å². The maximum atomic E-state index is 13.7. The first-order chi connectivity index (χ1) is 12.6. The number of sulfone groups is 1. The van der Waals surface area contributed by atoms with Crippen LogP contribution in [0.3, 0.4) is 0 Å². The van der Waals surface area contributed by atoms with Crippen LogP contribution in [0.2, 0.25) is 0 Å². The van der Waals surface area contributed by atoms with Crippen molar-refractivity contribution in [1.29, 1.82) is 0 Å². The smallest absolute Gasteiger partial charge is 0.371 e. The summed E-state index contributed by atoms with van der Waals surface area (Å²) in [6.45, 7) is 5.50. The normalized spacial score (nSPS) is 12.9. The van der Waals surface area contributed by atoms with E-state index in [1.54, 1.807) is 20.8 Å². The Morgan fingerprint density at radius 3 is 1.52 bits per heavy atom. The molecule has 1 rings (SSSR count). The molecular formula is C15H19F5O5SSi. The molecule has 0 fully saturated rings. The first-order valence-corrected chi connectivity index (χ1v) is 11.4. The van der Waals surface area contributed by atoms with E-state index in [4.69, 9.17) is 13.3 Å². The van der Waals surface area contributed by atoms with Gasteiger partial charge in [-0.1, -0.05) is 6.08 Å². The van der Waals surface area contributed by atoms with E-state index < -0.39 is 58.4 Å². The molecule has 0 radical (unpaired) electrons. The lowest BCUT2D eigenvalue weighted by atomic mass is 10.3. The van der Waals surface area contributed by atoms with Crippen molar-refractivity contribution in [2.45, 2.75) is 25.7 Å². The van der Waals surface area contributed by atoms with Crippen LogP contribution in [0.15, 0.2) is 16.7 Å². The second kappa shape index (κ2) is 9.73. The van der Waals surface area contributed by atoms with Crippen molar-refractivity contribution in [3.8, 4) is 0 Å². The Morgan fingerprint density at radius 1 is 0.778 bits per heavy atom. The van der Waals surface area contributed by atoms with Gasteiger partial charge in [0, 0.05) is 19.8 Å². The van der Waals surface area contributed by atoms with E-state index in [2.05, 4.69) is 0 Å². The minimum atomic E-state index is -4.88. The summed E-state index contributed by atoms with van der Waals surface area (Å²) in [4.78, 5) is -1.89. The molecule has 0 unspecified atom stereocenters. The fourth-order valence-corrected chi connectivity index (χ4v) is 5.70. The maximum Gasteiger partial charge on any atom is 0.529 e. The lowest BCUT2D eigenvalue weighted by Crippen LogP contribution is -2.44. The standard InChI is InChI=1S/C15H19F5O5SSi/c1-4-23-27(24-5-2,25-6-3)9-7-8-26(21,22)15-13(19)11(17)10(16)12(18)14(15)20/h7,9H,4-6,8H2,1-3H3/b9-7+. The third-order valence-corrected chi connectivity index (χ3v) is 7.48. The van der Waals surface area contributed by atoms with E-state index in [1.807, 2.05) is 0 Å². The molecule has 1 aromatic rings. The highest BCUT2D eigenvalue weighted by Gasteiger charge is 2.38. The summed E-state index contributed by atoms with van der Waals surface area (Å²) in [5.74, 6) is -13.0. The predicted molar refractivity (Wildman–Crippen MR) is 88.1 cm³/mol. The zero-order valence-electron chi connectivity index (χ0n) is 14.8. The highest BCUT2D eigenvalue weighted by molar-refractivity contribution is 7.91.